The first-order valence-electron chi connectivity index (χ1n) is 9.83. The second-order valence-corrected chi connectivity index (χ2v) is 6.89. The quantitative estimate of drug-likeness (QED) is 0.278. The number of nitrogens with one attached hydrogen (secondary N) is 2. The Morgan fingerprint density at radius 3 is 2.83 bits per heavy atom. The van der Waals surface area contributed by atoms with E-state index in [2.05, 4.69) is 25.3 Å². The summed E-state index contributed by atoms with van der Waals surface area (Å²) in [6.45, 7) is 5.56. The molecule has 29 heavy (non-hydrogen) atoms. The normalized spacial score (nSPS) is 17.3. The number of hydrogen-bond donors (Lipinski definition) is 2. The molecule has 0 aromatic heterocycles. The van der Waals surface area contributed by atoms with Gasteiger partial charge in [0.15, 0.2) is 5.96 Å². The van der Waals surface area contributed by atoms with Crippen LogP contribution in [0.15, 0.2) is 23.2 Å². The van der Waals surface area contributed by atoms with Gasteiger partial charge in [-0.05, 0) is 39.3 Å². The van der Waals surface area contributed by atoms with E-state index in [-0.39, 0.29) is 36.3 Å². The predicted molar refractivity (Wildman–Crippen MR) is 123 cm³/mol. The molecule has 0 bridgehead atoms. The summed E-state index contributed by atoms with van der Waals surface area (Å²) in [4.78, 5) is 6.99. The number of guanidine groups is 1. The molecule has 1 aliphatic rings. The Balaban J connectivity index is 0.00000420. The molecule has 0 saturated carbocycles. The topological polar surface area (TPSA) is 58.1 Å². The van der Waals surface area contributed by atoms with Gasteiger partial charge in [0.1, 0.15) is 5.75 Å². The SMILES string of the molecule is CCNC(=NCc1cc(C)ccc1OC(F)F)NCC1CCCN1CCOC.I. The van der Waals surface area contributed by atoms with Crippen molar-refractivity contribution in [3.8, 4) is 5.75 Å². The van der Waals surface area contributed by atoms with Crippen LogP contribution in [0.2, 0.25) is 0 Å². The zero-order valence-corrected chi connectivity index (χ0v) is 19.7. The fraction of sp³-hybridized carbons (Fsp3) is 0.650. The van der Waals surface area contributed by atoms with E-state index in [1.165, 1.54) is 6.42 Å². The highest BCUT2D eigenvalue weighted by Crippen LogP contribution is 2.23. The summed E-state index contributed by atoms with van der Waals surface area (Å²) in [5, 5.41) is 6.60. The molecule has 1 saturated heterocycles. The van der Waals surface area contributed by atoms with E-state index in [0.717, 1.165) is 44.8 Å². The van der Waals surface area contributed by atoms with Gasteiger partial charge in [-0.25, -0.2) is 4.99 Å². The number of hydrogen-bond acceptors (Lipinski definition) is 4. The number of benzene rings is 1. The Hall–Kier alpha value is -1.20. The van der Waals surface area contributed by atoms with Crippen LogP contribution in [0.1, 0.15) is 30.9 Å². The second kappa shape index (κ2) is 13.9. The van der Waals surface area contributed by atoms with Crippen molar-refractivity contribution in [2.24, 2.45) is 4.99 Å². The predicted octanol–water partition coefficient (Wildman–Crippen LogP) is 3.38. The first kappa shape index (κ1) is 25.8. The minimum Gasteiger partial charge on any atom is -0.434 e. The van der Waals surface area contributed by atoms with Gasteiger partial charge in [-0.1, -0.05) is 17.7 Å². The van der Waals surface area contributed by atoms with Gasteiger partial charge >= 0.3 is 6.61 Å². The van der Waals surface area contributed by atoms with E-state index in [0.29, 0.717) is 17.6 Å². The molecule has 0 amide bonds. The van der Waals surface area contributed by atoms with Crippen LogP contribution in [0.25, 0.3) is 0 Å². The smallest absolute Gasteiger partial charge is 0.387 e. The van der Waals surface area contributed by atoms with Crippen LogP contribution in [-0.4, -0.2) is 63.4 Å². The molecular formula is C20H33F2IN4O2. The summed E-state index contributed by atoms with van der Waals surface area (Å²) in [6.07, 6.45) is 2.32. The van der Waals surface area contributed by atoms with Gasteiger partial charge in [0.05, 0.1) is 13.2 Å². The highest BCUT2D eigenvalue weighted by Gasteiger charge is 2.24. The Morgan fingerprint density at radius 2 is 2.14 bits per heavy atom. The van der Waals surface area contributed by atoms with Gasteiger partial charge in [-0.15, -0.1) is 24.0 Å². The second-order valence-electron chi connectivity index (χ2n) is 6.89. The minimum atomic E-state index is -2.85. The summed E-state index contributed by atoms with van der Waals surface area (Å²) in [7, 11) is 1.72. The molecule has 9 heteroatoms. The van der Waals surface area contributed by atoms with Crippen LogP contribution in [0.5, 0.6) is 5.75 Å². The van der Waals surface area contributed by atoms with E-state index in [1.807, 2.05) is 19.9 Å². The summed E-state index contributed by atoms with van der Waals surface area (Å²) in [6, 6.07) is 5.59. The van der Waals surface area contributed by atoms with Gasteiger partial charge in [-0.3, -0.25) is 4.90 Å². The zero-order valence-electron chi connectivity index (χ0n) is 17.4. The van der Waals surface area contributed by atoms with E-state index in [4.69, 9.17) is 4.74 Å². The molecule has 0 spiro atoms. The maximum Gasteiger partial charge on any atom is 0.387 e. The number of methoxy groups -OCH3 is 1. The molecule has 2 rings (SSSR count). The van der Waals surface area contributed by atoms with Crippen LogP contribution in [0.4, 0.5) is 8.78 Å². The summed E-state index contributed by atoms with van der Waals surface area (Å²) in [5.41, 5.74) is 1.62. The van der Waals surface area contributed by atoms with E-state index >= 15 is 0 Å². The van der Waals surface area contributed by atoms with E-state index < -0.39 is 6.61 Å². The van der Waals surface area contributed by atoms with Crippen LogP contribution >= 0.6 is 24.0 Å². The van der Waals surface area contributed by atoms with Crippen molar-refractivity contribution in [1.29, 1.82) is 0 Å². The number of rotatable bonds is 10. The van der Waals surface area contributed by atoms with Crippen molar-refractivity contribution in [3.63, 3.8) is 0 Å². The van der Waals surface area contributed by atoms with Crippen molar-refractivity contribution >= 4 is 29.9 Å². The van der Waals surface area contributed by atoms with Crippen molar-refractivity contribution < 1.29 is 18.3 Å². The maximum absolute atomic E-state index is 12.6. The number of aryl methyl sites for hydroxylation is 1. The lowest BCUT2D eigenvalue weighted by atomic mass is 10.1. The molecule has 1 unspecified atom stereocenters. The Kier molecular flexibility index (Phi) is 12.4. The summed E-state index contributed by atoms with van der Waals surface area (Å²) >= 11 is 0. The third-order valence-electron chi connectivity index (χ3n) is 4.77. The Labute approximate surface area is 189 Å². The molecule has 1 aliphatic heterocycles. The number of aliphatic imine (C=N–C) groups is 1. The third-order valence-corrected chi connectivity index (χ3v) is 4.77. The lowest BCUT2D eigenvalue weighted by Gasteiger charge is -2.25. The zero-order chi connectivity index (χ0) is 20.4. The maximum atomic E-state index is 12.6. The molecule has 1 fully saturated rings. The van der Waals surface area contributed by atoms with Crippen molar-refractivity contribution in [2.75, 3.05) is 39.9 Å². The Morgan fingerprint density at radius 1 is 1.34 bits per heavy atom. The average Bonchev–Trinajstić information content (AvgIpc) is 3.11. The van der Waals surface area contributed by atoms with Gasteiger partial charge in [0, 0.05) is 38.3 Å². The molecule has 1 heterocycles. The minimum absolute atomic E-state index is 0. The Bertz CT molecular complexity index is 634. The molecule has 0 radical (unpaired) electrons. The van der Waals surface area contributed by atoms with Crippen molar-refractivity contribution in [3.05, 3.63) is 29.3 Å². The molecule has 1 aromatic carbocycles. The van der Waals surface area contributed by atoms with E-state index in [1.54, 1.807) is 19.2 Å². The van der Waals surface area contributed by atoms with Crippen LogP contribution in [-0.2, 0) is 11.3 Å². The van der Waals surface area contributed by atoms with Gasteiger partial charge in [0.25, 0.3) is 0 Å². The van der Waals surface area contributed by atoms with Crippen molar-refractivity contribution in [2.45, 2.75) is 45.9 Å². The fourth-order valence-corrected chi connectivity index (χ4v) is 3.39. The third kappa shape index (κ3) is 9.00. The number of ether oxygens (including phenoxy) is 2. The fourth-order valence-electron chi connectivity index (χ4n) is 3.39. The number of alkyl halides is 2. The first-order chi connectivity index (χ1) is 13.5. The number of halogens is 3. The highest BCUT2D eigenvalue weighted by atomic mass is 127. The largest absolute Gasteiger partial charge is 0.434 e. The molecule has 6 nitrogen and oxygen atoms in total. The van der Waals surface area contributed by atoms with Crippen LogP contribution < -0.4 is 15.4 Å². The molecule has 1 aromatic rings. The van der Waals surface area contributed by atoms with E-state index in [9.17, 15) is 8.78 Å². The summed E-state index contributed by atoms with van der Waals surface area (Å²) < 4.78 is 35.1. The van der Waals surface area contributed by atoms with Crippen LogP contribution in [0.3, 0.4) is 0 Å². The van der Waals surface area contributed by atoms with Crippen LogP contribution in [0, 0.1) is 6.92 Å². The van der Waals surface area contributed by atoms with Crippen molar-refractivity contribution in [1.82, 2.24) is 15.5 Å². The lowest BCUT2D eigenvalue weighted by molar-refractivity contribution is -0.0504. The van der Waals surface area contributed by atoms with Gasteiger partial charge < -0.3 is 20.1 Å². The van der Waals surface area contributed by atoms with Gasteiger partial charge in [0.2, 0.25) is 0 Å². The molecule has 1 atom stereocenters. The first-order valence-corrected chi connectivity index (χ1v) is 9.83. The number of likely N-dealkylation sites (tertiary alicyclic amines) is 1. The van der Waals surface area contributed by atoms with Gasteiger partial charge in [-0.2, -0.15) is 8.78 Å². The average molecular weight is 526 g/mol. The molecule has 0 aliphatic carbocycles. The molecule has 2 N–H and O–H groups in total. The highest BCUT2D eigenvalue weighted by molar-refractivity contribution is 14.0. The summed E-state index contributed by atoms with van der Waals surface area (Å²) in [5.74, 6) is 0.840. The standard InChI is InChI=1S/C20H32F2N4O2.HI/c1-4-23-20(25-14-17-6-5-9-26(17)10-11-27-3)24-13-16-12-15(2)7-8-18(16)28-19(21)22;/h7-8,12,17,19H,4-6,9-11,13-14H2,1-3H3,(H2,23,24,25);1H. The molecule has 166 valence electrons. The monoisotopic (exact) mass is 526 g/mol. The molecular weight excluding hydrogens is 493 g/mol. The lowest BCUT2D eigenvalue weighted by Crippen LogP contribution is -2.45. The number of nitrogens with zero attached hydrogens (tertiary/aromatic N) is 2.